The molecule has 0 unspecified atom stereocenters. The van der Waals surface area contributed by atoms with Crippen LogP contribution in [0.1, 0.15) is 41.5 Å². The first-order valence-electron chi connectivity index (χ1n) is 5.73. The van der Waals surface area contributed by atoms with Crippen molar-refractivity contribution in [2.45, 2.75) is 59.7 Å². The number of rotatable bonds is 7. The highest BCUT2D eigenvalue weighted by atomic mass is 28.4. The Morgan fingerprint density at radius 1 is 0.867 bits per heavy atom. The van der Waals surface area contributed by atoms with Crippen molar-refractivity contribution in [2.75, 3.05) is 7.05 Å². The molecule has 0 fully saturated rings. The van der Waals surface area contributed by atoms with Crippen LogP contribution in [0.4, 0.5) is 0 Å². The highest BCUT2D eigenvalue weighted by Gasteiger charge is 2.37. The molecule has 5 heteroatoms. The molecule has 3 N–H and O–H groups in total. The van der Waals surface area contributed by atoms with Gasteiger partial charge in [-0.2, -0.15) is 0 Å². The van der Waals surface area contributed by atoms with Gasteiger partial charge in [-0.25, -0.2) is 0 Å². The maximum absolute atomic E-state index is 6.01. The van der Waals surface area contributed by atoms with Crippen LogP contribution in [-0.2, 0) is 4.43 Å². The first-order chi connectivity index (χ1) is 6.81. The van der Waals surface area contributed by atoms with Crippen LogP contribution in [0.3, 0.4) is 0 Å². The predicted octanol–water partition coefficient (Wildman–Crippen LogP) is 1.06. The Labute approximate surface area is 95.5 Å². The molecule has 0 saturated carbocycles. The summed E-state index contributed by atoms with van der Waals surface area (Å²) in [6.07, 6.45) is 0.210. The van der Waals surface area contributed by atoms with E-state index in [1.807, 2.05) is 7.05 Å². The molecule has 0 aromatic heterocycles. The molecule has 0 spiro atoms. The lowest BCUT2D eigenvalue weighted by Gasteiger charge is -2.35. The molecular weight excluding hydrogens is 206 g/mol. The van der Waals surface area contributed by atoms with Crippen LogP contribution in [-0.4, -0.2) is 34.0 Å². The minimum Gasteiger partial charge on any atom is -0.378 e. The van der Waals surface area contributed by atoms with E-state index in [2.05, 4.69) is 56.5 Å². The Kier molecular flexibility index (Phi) is 6.62. The lowest BCUT2D eigenvalue weighted by atomic mass is 10.4. The van der Waals surface area contributed by atoms with Gasteiger partial charge in [0.25, 0.3) is 0 Å². The third kappa shape index (κ3) is 6.27. The monoisotopic (exact) mass is 233 g/mol. The Bertz CT molecular complexity index is 148. The quantitative estimate of drug-likeness (QED) is 0.576. The summed E-state index contributed by atoms with van der Waals surface area (Å²) < 4.78 is 6.01. The van der Waals surface area contributed by atoms with Gasteiger partial charge < -0.3 is 4.43 Å². The molecule has 0 heterocycles. The van der Waals surface area contributed by atoms with Gasteiger partial charge in [0, 0.05) is 6.10 Å². The van der Waals surface area contributed by atoms with E-state index in [4.69, 9.17) is 4.43 Å². The fourth-order valence-electron chi connectivity index (χ4n) is 1.48. The second kappa shape index (κ2) is 6.60. The van der Waals surface area contributed by atoms with Gasteiger partial charge in [-0.15, -0.1) is 0 Å². The molecule has 0 aliphatic rings. The van der Waals surface area contributed by atoms with Crippen LogP contribution in [0, 0.1) is 0 Å². The third-order valence-electron chi connectivity index (χ3n) is 1.75. The molecule has 4 nitrogen and oxygen atoms in total. The van der Waals surface area contributed by atoms with Crippen LogP contribution in [0.5, 0.6) is 0 Å². The number of nitrogens with one attached hydrogen (secondary N) is 3. The summed E-state index contributed by atoms with van der Waals surface area (Å²) in [4.78, 5) is 10.3. The van der Waals surface area contributed by atoms with Gasteiger partial charge in [0.05, 0.1) is 0 Å². The van der Waals surface area contributed by atoms with E-state index in [9.17, 15) is 0 Å². The second-order valence-electron chi connectivity index (χ2n) is 4.70. The van der Waals surface area contributed by atoms with Crippen LogP contribution < -0.4 is 14.9 Å². The molecule has 0 atom stereocenters. The van der Waals surface area contributed by atoms with Crippen molar-refractivity contribution in [3.63, 3.8) is 0 Å². The molecule has 0 radical (unpaired) electrons. The lowest BCUT2D eigenvalue weighted by Crippen LogP contribution is -2.76. The molecule has 0 aromatic carbocycles. The summed E-state index contributed by atoms with van der Waals surface area (Å²) in [5.74, 6) is 0. The van der Waals surface area contributed by atoms with Gasteiger partial charge >= 0.3 is 8.80 Å². The van der Waals surface area contributed by atoms with Crippen molar-refractivity contribution in [2.24, 2.45) is 0 Å². The Morgan fingerprint density at radius 2 is 1.27 bits per heavy atom. The maximum Gasteiger partial charge on any atom is 0.440 e. The molecule has 0 saturated heterocycles. The molecule has 0 aliphatic heterocycles. The van der Waals surface area contributed by atoms with E-state index in [0.717, 1.165) is 0 Å². The lowest BCUT2D eigenvalue weighted by molar-refractivity contribution is 0.198. The van der Waals surface area contributed by atoms with Crippen molar-refractivity contribution in [3.8, 4) is 0 Å². The molecule has 0 aromatic rings. The zero-order valence-corrected chi connectivity index (χ0v) is 12.1. The summed E-state index contributed by atoms with van der Waals surface area (Å²) >= 11 is 0. The smallest absolute Gasteiger partial charge is 0.378 e. The third-order valence-corrected chi connectivity index (χ3v) is 5.25. The molecule has 15 heavy (non-hydrogen) atoms. The van der Waals surface area contributed by atoms with Gasteiger partial charge in [0.1, 0.15) is 0 Å². The molecule has 92 valence electrons. The number of hydrogen-bond donors (Lipinski definition) is 3. The largest absolute Gasteiger partial charge is 0.440 e. The Hall–Kier alpha value is 0.0569. The van der Waals surface area contributed by atoms with Crippen LogP contribution in [0.25, 0.3) is 0 Å². The summed E-state index contributed by atoms with van der Waals surface area (Å²) in [6.45, 7) is 12.6. The fourth-order valence-corrected chi connectivity index (χ4v) is 4.44. The molecular formula is C10H27N3OSi. The average molecular weight is 233 g/mol. The summed E-state index contributed by atoms with van der Waals surface area (Å²) in [5.41, 5.74) is 0. The summed E-state index contributed by atoms with van der Waals surface area (Å²) in [6, 6.07) is 0.795. The second-order valence-corrected chi connectivity index (χ2v) is 7.37. The summed E-state index contributed by atoms with van der Waals surface area (Å²) in [5, 5.41) is 0. The van der Waals surface area contributed by atoms with Gasteiger partial charge in [0.2, 0.25) is 0 Å². The standard InChI is InChI=1S/C10H27N3OSi/c1-8(2)12-15(11-7,13-9(3)4)14-10(5)6/h8-13H,1-7H3. The Balaban J connectivity index is 4.59. The van der Waals surface area contributed by atoms with Gasteiger partial charge in [-0.1, -0.05) is 27.7 Å². The topological polar surface area (TPSA) is 45.3 Å². The summed E-state index contributed by atoms with van der Waals surface area (Å²) in [7, 11) is -0.265. The molecule has 0 amide bonds. The van der Waals surface area contributed by atoms with Crippen molar-refractivity contribution >= 4 is 8.80 Å². The van der Waals surface area contributed by atoms with E-state index in [-0.39, 0.29) is 6.10 Å². The zero-order valence-electron chi connectivity index (χ0n) is 11.1. The van der Waals surface area contributed by atoms with E-state index in [0.29, 0.717) is 12.1 Å². The van der Waals surface area contributed by atoms with Crippen LogP contribution >= 0.6 is 0 Å². The van der Waals surface area contributed by atoms with E-state index in [1.165, 1.54) is 0 Å². The normalized spacial score (nSPS) is 13.2. The SMILES string of the molecule is CN[Si](NC(C)C)(NC(C)C)OC(C)C. The van der Waals surface area contributed by atoms with Gasteiger partial charge in [-0.05, 0) is 33.0 Å². The highest BCUT2D eigenvalue weighted by molar-refractivity contribution is 6.66. The fraction of sp³-hybridized carbons (Fsp3) is 1.00. The van der Waals surface area contributed by atoms with E-state index >= 15 is 0 Å². The van der Waals surface area contributed by atoms with Crippen molar-refractivity contribution < 1.29 is 4.43 Å². The predicted molar refractivity (Wildman–Crippen MR) is 67.6 cm³/mol. The molecule has 0 bridgehead atoms. The van der Waals surface area contributed by atoms with Crippen molar-refractivity contribution in [1.29, 1.82) is 0 Å². The number of hydrogen-bond acceptors (Lipinski definition) is 4. The zero-order chi connectivity index (χ0) is 12.1. The molecule has 0 rings (SSSR count). The van der Waals surface area contributed by atoms with E-state index in [1.54, 1.807) is 0 Å². The molecule has 0 aliphatic carbocycles. The van der Waals surface area contributed by atoms with Crippen molar-refractivity contribution in [1.82, 2.24) is 14.9 Å². The van der Waals surface area contributed by atoms with Gasteiger partial charge in [0.15, 0.2) is 0 Å². The maximum atomic E-state index is 6.01. The Morgan fingerprint density at radius 3 is 1.47 bits per heavy atom. The minimum atomic E-state index is -2.21. The van der Waals surface area contributed by atoms with Crippen molar-refractivity contribution in [3.05, 3.63) is 0 Å². The van der Waals surface area contributed by atoms with Gasteiger partial charge in [-0.3, -0.25) is 14.9 Å². The highest BCUT2D eigenvalue weighted by Crippen LogP contribution is 2.01. The minimum absolute atomic E-state index is 0.210. The van der Waals surface area contributed by atoms with Crippen LogP contribution in [0.15, 0.2) is 0 Å². The van der Waals surface area contributed by atoms with Crippen LogP contribution in [0.2, 0.25) is 0 Å². The average Bonchev–Trinajstić information content (AvgIpc) is 1.99. The first kappa shape index (κ1) is 15.1. The first-order valence-corrected chi connectivity index (χ1v) is 7.64. The van der Waals surface area contributed by atoms with E-state index < -0.39 is 8.80 Å².